The van der Waals surface area contributed by atoms with Crippen LogP contribution in [0.2, 0.25) is 10.3 Å². The summed E-state index contributed by atoms with van der Waals surface area (Å²) in [5, 5.41) is 1.19. The molecule has 10 aromatic rings. The number of hydrogen-bond donors (Lipinski definition) is 0. The van der Waals surface area contributed by atoms with E-state index in [0.29, 0.717) is 51.3 Å². The van der Waals surface area contributed by atoms with Crippen LogP contribution in [0.5, 0.6) is 0 Å². The van der Waals surface area contributed by atoms with E-state index >= 15 is 0 Å². The molecule has 0 saturated heterocycles. The number of benzene rings is 3. The molecule has 0 bridgehead atoms. The van der Waals surface area contributed by atoms with Crippen molar-refractivity contribution in [1.82, 2.24) is 57.7 Å². The van der Waals surface area contributed by atoms with Crippen LogP contribution in [0.25, 0.3) is 28.7 Å². The van der Waals surface area contributed by atoms with Gasteiger partial charge in [-0.25, -0.2) is 39.3 Å². The van der Waals surface area contributed by atoms with Crippen LogP contribution in [0.3, 0.4) is 0 Å². The van der Waals surface area contributed by atoms with Crippen molar-refractivity contribution in [2.45, 2.75) is 133 Å². The molecule has 0 unspecified atom stereocenters. The fourth-order valence-electron chi connectivity index (χ4n) is 7.76. The second-order valence-electron chi connectivity index (χ2n) is 20.6. The van der Waals surface area contributed by atoms with E-state index in [9.17, 15) is 17.6 Å². The van der Waals surface area contributed by atoms with Crippen molar-refractivity contribution in [1.29, 1.82) is 0 Å². The first-order valence-corrected chi connectivity index (χ1v) is 27.1. The van der Waals surface area contributed by atoms with Gasteiger partial charge in [-0.2, -0.15) is 13.2 Å². The molecule has 12 nitrogen and oxygen atoms in total. The minimum Gasteiger partial charge on any atom is -0.305 e. The second kappa shape index (κ2) is 29.2. The predicted molar refractivity (Wildman–Crippen MR) is 320 cm³/mol. The lowest BCUT2D eigenvalue weighted by Gasteiger charge is -2.08. The number of halogens is 6. The zero-order valence-corrected chi connectivity index (χ0v) is 49.0. The van der Waals surface area contributed by atoms with Crippen molar-refractivity contribution < 1.29 is 17.6 Å². The Labute approximate surface area is 484 Å². The quantitative estimate of drug-likeness (QED) is 0.125. The van der Waals surface area contributed by atoms with Gasteiger partial charge in [0.15, 0.2) is 17.3 Å². The normalized spacial score (nSPS) is 11.1. The minimum atomic E-state index is -4.41. The Morgan fingerprint density at radius 2 is 1.00 bits per heavy atom. The molecule has 7 aromatic heterocycles. The van der Waals surface area contributed by atoms with Crippen molar-refractivity contribution in [3.05, 3.63) is 227 Å². The Bertz CT molecular complexity index is 3460. The van der Waals surface area contributed by atoms with E-state index in [1.807, 2.05) is 84.1 Å². The molecule has 428 valence electrons. The average molecular weight is 1150 g/mol. The largest absolute Gasteiger partial charge is 0.434 e. The first kappa shape index (κ1) is 64.1. The molecule has 3 aromatic carbocycles. The molecule has 81 heavy (non-hydrogen) atoms. The molecule has 0 atom stereocenters. The monoisotopic (exact) mass is 1140 g/mol. The maximum Gasteiger partial charge on any atom is 0.434 e. The first-order chi connectivity index (χ1) is 37.9. The van der Waals surface area contributed by atoms with Crippen LogP contribution in [-0.4, -0.2) is 57.7 Å². The van der Waals surface area contributed by atoms with Crippen molar-refractivity contribution in [2.24, 2.45) is 0 Å². The van der Waals surface area contributed by atoms with Crippen LogP contribution in [0.4, 0.5) is 17.6 Å². The number of imidazole rings is 5. The van der Waals surface area contributed by atoms with Crippen LogP contribution in [0.1, 0.15) is 157 Å². The third-order valence-corrected chi connectivity index (χ3v) is 13.5. The highest BCUT2D eigenvalue weighted by Gasteiger charge is 2.34. The highest BCUT2D eigenvalue weighted by molar-refractivity contribution is 6.30. The summed E-state index contributed by atoms with van der Waals surface area (Å²) in [7, 11) is 0. The number of aryl methyl sites for hydroxylation is 3. The van der Waals surface area contributed by atoms with Crippen LogP contribution in [0.15, 0.2) is 160 Å². The van der Waals surface area contributed by atoms with Gasteiger partial charge in [0.2, 0.25) is 0 Å². The highest BCUT2D eigenvalue weighted by atomic mass is 35.5. The summed E-state index contributed by atoms with van der Waals surface area (Å²) in [4.78, 5) is 28.2. The van der Waals surface area contributed by atoms with Crippen LogP contribution >= 0.6 is 23.2 Å². The SMILES string of the molecule is C.CC(C)c1ccc(-n2ccnc2)nc1.CC(C)c1ccc(-n2cnc(Cl)c2)cc1.Cc1cn(-c2ncc(C(C)C)cc2F)cn1.Cc1nc(C(F)(F)F)cn1-c1ccc(C(C)C)cc1.Cc1ncn(-c2ccc(C(C)C)cc2)c1Cl. The Kier molecular flexibility index (Phi) is 23.1. The van der Waals surface area contributed by atoms with E-state index in [1.165, 1.54) is 27.3 Å². The van der Waals surface area contributed by atoms with Gasteiger partial charge in [0.25, 0.3) is 0 Å². The molecule has 0 aliphatic carbocycles. The number of aromatic nitrogens is 12. The molecule has 7 heterocycles. The van der Waals surface area contributed by atoms with Crippen LogP contribution < -0.4 is 0 Å². The van der Waals surface area contributed by atoms with Gasteiger partial charge in [-0.1, -0.05) is 142 Å². The molecule has 0 saturated carbocycles. The zero-order chi connectivity index (χ0) is 58.4. The molecule has 0 amide bonds. The summed E-state index contributed by atoms with van der Waals surface area (Å²) in [5.74, 6) is 3.52. The van der Waals surface area contributed by atoms with E-state index in [0.717, 1.165) is 45.9 Å². The third kappa shape index (κ3) is 17.9. The van der Waals surface area contributed by atoms with Gasteiger partial charge in [0.1, 0.15) is 47.3 Å². The van der Waals surface area contributed by atoms with Crippen molar-refractivity contribution in [3.8, 4) is 28.7 Å². The van der Waals surface area contributed by atoms with Gasteiger partial charge >= 0.3 is 6.18 Å². The second-order valence-corrected chi connectivity index (χ2v) is 21.3. The molecular weight excluding hydrogens is 1070 g/mol. The maximum atomic E-state index is 13.8. The van der Waals surface area contributed by atoms with Crippen molar-refractivity contribution >= 4 is 23.2 Å². The maximum absolute atomic E-state index is 13.8. The van der Waals surface area contributed by atoms with Gasteiger partial charge in [0, 0.05) is 60.4 Å². The fourth-order valence-corrected chi connectivity index (χ4v) is 8.10. The molecule has 10 rings (SSSR count). The summed E-state index contributed by atoms with van der Waals surface area (Å²) in [5.41, 5.74) is 9.63. The van der Waals surface area contributed by atoms with E-state index < -0.39 is 11.9 Å². The third-order valence-electron chi connectivity index (χ3n) is 12.8. The average Bonchev–Trinajstić information content (AvgIpc) is 4.38. The molecule has 0 spiro atoms. The summed E-state index contributed by atoms with van der Waals surface area (Å²) < 4.78 is 60.3. The van der Waals surface area contributed by atoms with Gasteiger partial charge in [0.05, 0.1) is 11.4 Å². The standard InChI is InChI=1S/C14H15F3N2.C13H15ClN2.C12H13ClN2.C12H14FN3.C11H13N3.CH4/c1-9(2)11-4-6-12(7-5-11)19-8-13(14(15,16)17)18-10(19)3;1-9(2)11-4-6-12(7-5-11)16-8-15-10(3)13(16)14;1-9(2)10-3-5-11(6-4-10)15-7-12(13)14-8-15;1-8(2)10-4-11(13)12(14-5-10)16-6-9(3)15-7-16;1-9(2)10-3-4-11(13-7-10)14-6-5-12-8-14;/h4-9H,1-3H3;4-9H,1-3H3;3-9H,1-2H3;4-8H,1-3H3;3-9H,1-2H3;1H4. The molecule has 0 aliphatic rings. The van der Waals surface area contributed by atoms with E-state index in [2.05, 4.69) is 145 Å². The van der Waals surface area contributed by atoms with E-state index in [1.54, 1.807) is 61.6 Å². The Balaban J connectivity index is 0.000000186. The van der Waals surface area contributed by atoms with Crippen LogP contribution in [-0.2, 0) is 6.18 Å². The van der Waals surface area contributed by atoms with Crippen molar-refractivity contribution in [2.75, 3.05) is 0 Å². The number of pyridine rings is 2. The summed E-state index contributed by atoms with van der Waals surface area (Å²) in [6.45, 7) is 26.5. The van der Waals surface area contributed by atoms with Gasteiger partial charge in [-0.05, 0) is 127 Å². The number of rotatable bonds is 10. The van der Waals surface area contributed by atoms with Crippen molar-refractivity contribution in [3.63, 3.8) is 0 Å². The minimum absolute atomic E-state index is 0. The molecule has 0 fully saturated rings. The van der Waals surface area contributed by atoms with E-state index in [4.69, 9.17) is 23.2 Å². The summed E-state index contributed by atoms with van der Waals surface area (Å²) >= 11 is 11.9. The Morgan fingerprint density at radius 3 is 1.40 bits per heavy atom. The number of alkyl halides is 3. The van der Waals surface area contributed by atoms with Gasteiger partial charge in [-0.15, -0.1) is 0 Å². The van der Waals surface area contributed by atoms with Crippen LogP contribution in [0, 0.1) is 26.6 Å². The van der Waals surface area contributed by atoms with E-state index in [-0.39, 0.29) is 19.2 Å². The smallest absolute Gasteiger partial charge is 0.305 e. The summed E-state index contributed by atoms with van der Waals surface area (Å²) in [6, 6.07) is 29.9. The lowest BCUT2D eigenvalue weighted by molar-refractivity contribution is -0.141. The summed E-state index contributed by atoms with van der Waals surface area (Å²) in [6.07, 6.45) is 14.2. The fraction of sp³-hybridized carbons (Fsp3) is 0.317. The Morgan fingerprint density at radius 1 is 0.494 bits per heavy atom. The first-order valence-electron chi connectivity index (χ1n) is 26.3. The highest BCUT2D eigenvalue weighted by Crippen LogP contribution is 2.30. The number of nitrogens with zero attached hydrogens (tertiary/aromatic N) is 12. The molecule has 0 radical (unpaired) electrons. The van der Waals surface area contributed by atoms with Gasteiger partial charge < -0.3 is 9.13 Å². The predicted octanol–water partition coefficient (Wildman–Crippen LogP) is 17.8. The Hall–Kier alpha value is -7.69. The zero-order valence-electron chi connectivity index (χ0n) is 47.5. The topological polar surface area (TPSA) is 115 Å². The number of hydrogen-bond acceptors (Lipinski definition) is 7. The molecule has 18 heteroatoms. The molecule has 0 N–H and O–H groups in total. The molecule has 0 aliphatic heterocycles. The lowest BCUT2D eigenvalue weighted by Crippen LogP contribution is -2.04. The lowest BCUT2D eigenvalue weighted by atomic mass is 10.0. The van der Waals surface area contributed by atoms with Gasteiger partial charge in [-0.3, -0.25) is 13.7 Å². The molecular formula is C63H74Cl2F4N12.